The zero-order valence-electron chi connectivity index (χ0n) is 23.7. The summed E-state index contributed by atoms with van der Waals surface area (Å²) in [6, 6.07) is 11.1. The van der Waals surface area contributed by atoms with Gasteiger partial charge in [-0.1, -0.05) is 39.8 Å². The van der Waals surface area contributed by atoms with Gasteiger partial charge in [0.1, 0.15) is 10.5 Å². The van der Waals surface area contributed by atoms with Gasteiger partial charge in [-0.3, -0.25) is 19.9 Å². The van der Waals surface area contributed by atoms with Gasteiger partial charge in [-0.15, -0.1) is 11.3 Å². The van der Waals surface area contributed by atoms with E-state index in [9.17, 15) is 14.4 Å². The molecule has 1 fully saturated rings. The Morgan fingerprint density at radius 3 is 2.51 bits per heavy atom. The molecule has 4 amide bonds. The van der Waals surface area contributed by atoms with Gasteiger partial charge in [0.2, 0.25) is 5.91 Å². The molecule has 0 spiro atoms. The first-order valence-corrected chi connectivity index (χ1v) is 14.0. The summed E-state index contributed by atoms with van der Waals surface area (Å²) < 4.78 is 0. The highest BCUT2D eigenvalue weighted by Gasteiger charge is 2.42. The summed E-state index contributed by atoms with van der Waals surface area (Å²) in [4.78, 5) is 46.5. The second-order valence-corrected chi connectivity index (χ2v) is 12.4. The van der Waals surface area contributed by atoms with E-state index >= 15 is 0 Å². The number of aromatic nitrogens is 1. The van der Waals surface area contributed by atoms with E-state index in [2.05, 4.69) is 54.7 Å². The zero-order valence-corrected chi connectivity index (χ0v) is 24.5. The first kappa shape index (κ1) is 28.3. The number of carbonyl (C=O) groups is 3. The van der Waals surface area contributed by atoms with Crippen molar-refractivity contribution >= 4 is 39.9 Å². The van der Waals surface area contributed by atoms with Gasteiger partial charge in [-0.25, -0.2) is 4.79 Å². The van der Waals surface area contributed by atoms with Crippen LogP contribution in [-0.2, 0) is 16.6 Å². The third kappa shape index (κ3) is 5.98. The minimum atomic E-state index is -1.000. The van der Waals surface area contributed by atoms with Gasteiger partial charge < -0.3 is 15.5 Å². The van der Waals surface area contributed by atoms with Crippen molar-refractivity contribution in [1.29, 1.82) is 0 Å². The van der Waals surface area contributed by atoms with E-state index in [1.807, 2.05) is 43.5 Å². The maximum Gasteiger partial charge on any atom is 0.324 e. The molecule has 0 atom stereocenters. The lowest BCUT2D eigenvalue weighted by Crippen LogP contribution is -2.63. The number of hydrogen-bond acceptors (Lipinski definition) is 5. The van der Waals surface area contributed by atoms with Crippen LogP contribution in [0, 0.1) is 6.92 Å². The minimum Gasteiger partial charge on any atom is -0.352 e. The lowest BCUT2D eigenvalue weighted by Gasteiger charge is -2.41. The summed E-state index contributed by atoms with van der Waals surface area (Å²) >= 11 is 1.37. The van der Waals surface area contributed by atoms with Crippen molar-refractivity contribution in [2.75, 3.05) is 23.7 Å². The lowest BCUT2D eigenvalue weighted by atomic mass is 9.93. The van der Waals surface area contributed by atoms with E-state index in [-0.39, 0.29) is 17.2 Å². The molecule has 206 valence electrons. The van der Waals surface area contributed by atoms with Crippen LogP contribution < -0.4 is 16.0 Å². The Morgan fingerprint density at radius 2 is 1.87 bits per heavy atom. The first-order valence-electron chi connectivity index (χ1n) is 13.2. The van der Waals surface area contributed by atoms with Crippen LogP contribution in [-0.4, -0.2) is 46.4 Å². The first-order chi connectivity index (χ1) is 18.3. The molecular weight excluding hydrogens is 510 g/mol. The molecular formula is C30H37N5O3S. The van der Waals surface area contributed by atoms with E-state index in [0.29, 0.717) is 29.3 Å². The Labute approximate surface area is 234 Å². The van der Waals surface area contributed by atoms with E-state index in [0.717, 1.165) is 33.7 Å². The fourth-order valence-electron chi connectivity index (χ4n) is 4.45. The number of rotatable bonds is 5. The molecule has 1 aromatic carbocycles. The second-order valence-electron chi connectivity index (χ2n) is 11.4. The molecule has 8 nitrogen and oxygen atoms in total. The molecule has 0 bridgehead atoms. The molecule has 1 saturated heterocycles. The number of thiophene rings is 1. The topological polar surface area (TPSA) is 103 Å². The molecule has 9 heteroatoms. The van der Waals surface area contributed by atoms with Crippen molar-refractivity contribution in [2.24, 2.45) is 0 Å². The Kier molecular flexibility index (Phi) is 7.84. The average Bonchev–Trinajstić information content (AvgIpc) is 3.31. The Hall–Kier alpha value is -3.72. The van der Waals surface area contributed by atoms with Crippen LogP contribution in [0.1, 0.15) is 67.9 Å². The van der Waals surface area contributed by atoms with E-state index < -0.39 is 11.6 Å². The third-order valence-electron chi connectivity index (χ3n) is 7.03. The predicted octanol–water partition coefficient (Wildman–Crippen LogP) is 5.97. The SMILES string of the molecule is CCc1ccc(-c2cc(NC(=O)Nc3sc(C(C)(C)C)cc3C(=O)N3CCNC(=O)C3(C)C)ccc2C)nc1. The highest BCUT2D eigenvalue weighted by atomic mass is 32.1. The van der Waals surface area contributed by atoms with Gasteiger partial charge in [0.25, 0.3) is 5.91 Å². The van der Waals surface area contributed by atoms with Gasteiger partial charge in [-0.05, 0) is 68.0 Å². The van der Waals surface area contributed by atoms with Crippen LogP contribution in [0.4, 0.5) is 15.5 Å². The normalized spacial score (nSPS) is 15.1. The maximum absolute atomic E-state index is 13.7. The molecule has 0 radical (unpaired) electrons. The number of urea groups is 1. The van der Waals surface area contributed by atoms with Crippen LogP contribution in [0.5, 0.6) is 0 Å². The number of aryl methyl sites for hydroxylation is 2. The van der Waals surface area contributed by atoms with Crippen LogP contribution in [0.15, 0.2) is 42.6 Å². The largest absolute Gasteiger partial charge is 0.352 e. The number of benzene rings is 1. The van der Waals surface area contributed by atoms with Gasteiger partial charge >= 0.3 is 6.03 Å². The number of hydrogen-bond donors (Lipinski definition) is 3. The summed E-state index contributed by atoms with van der Waals surface area (Å²) in [7, 11) is 0. The molecule has 3 aromatic rings. The van der Waals surface area contributed by atoms with Gasteiger partial charge in [0.05, 0.1) is 11.3 Å². The fourth-order valence-corrected chi connectivity index (χ4v) is 5.55. The van der Waals surface area contributed by atoms with E-state index in [1.165, 1.54) is 11.3 Å². The average molecular weight is 548 g/mol. The summed E-state index contributed by atoms with van der Waals surface area (Å²) in [5.74, 6) is -0.481. The number of nitrogens with one attached hydrogen (secondary N) is 3. The molecule has 0 unspecified atom stereocenters. The minimum absolute atomic E-state index is 0.199. The van der Waals surface area contributed by atoms with Crippen molar-refractivity contribution in [3.05, 3.63) is 64.2 Å². The molecule has 3 heterocycles. The smallest absolute Gasteiger partial charge is 0.324 e. The fraction of sp³-hybridized carbons (Fsp3) is 0.400. The molecule has 1 aliphatic rings. The van der Waals surface area contributed by atoms with Gasteiger partial charge in [0, 0.05) is 35.4 Å². The number of amides is 4. The standard InChI is InChI=1S/C30H37N5O3S/c1-8-19-10-12-23(32-17-19)21-15-20(11-9-18(21)2)33-28(38)34-25-22(16-24(39-25)29(3,4)5)26(36)35-14-13-31-27(37)30(35,6)7/h9-12,15-17H,8,13-14H2,1-7H3,(H,31,37)(H2,33,34,38). The van der Waals surface area contributed by atoms with Gasteiger partial charge in [0.15, 0.2) is 0 Å². The van der Waals surface area contributed by atoms with Crippen molar-refractivity contribution in [2.45, 2.75) is 65.8 Å². The quantitative estimate of drug-likeness (QED) is 0.366. The number of piperazine rings is 1. The van der Waals surface area contributed by atoms with Crippen LogP contribution >= 0.6 is 11.3 Å². The molecule has 2 aromatic heterocycles. The highest BCUT2D eigenvalue weighted by Crippen LogP contribution is 2.38. The predicted molar refractivity (Wildman–Crippen MR) is 158 cm³/mol. The van der Waals surface area contributed by atoms with Crippen molar-refractivity contribution in [3.8, 4) is 11.3 Å². The molecule has 4 rings (SSSR count). The highest BCUT2D eigenvalue weighted by molar-refractivity contribution is 7.16. The van der Waals surface area contributed by atoms with Crippen molar-refractivity contribution in [1.82, 2.24) is 15.2 Å². The van der Waals surface area contributed by atoms with Crippen LogP contribution in [0.3, 0.4) is 0 Å². The van der Waals surface area contributed by atoms with Gasteiger partial charge in [-0.2, -0.15) is 0 Å². The monoisotopic (exact) mass is 547 g/mol. The van der Waals surface area contributed by atoms with E-state index in [4.69, 9.17) is 0 Å². The molecule has 0 saturated carbocycles. The molecule has 0 aliphatic carbocycles. The molecule has 3 N–H and O–H groups in total. The van der Waals surface area contributed by atoms with Crippen LogP contribution in [0.25, 0.3) is 11.3 Å². The van der Waals surface area contributed by atoms with Crippen molar-refractivity contribution in [3.63, 3.8) is 0 Å². The molecule has 1 aliphatic heterocycles. The Morgan fingerprint density at radius 1 is 1.13 bits per heavy atom. The summed E-state index contributed by atoms with van der Waals surface area (Å²) in [5.41, 5.74) is 3.75. The number of carbonyl (C=O) groups excluding carboxylic acids is 3. The van der Waals surface area contributed by atoms with E-state index in [1.54, 1.807) is 18.7 Å². The Bertz CT molecular complexity index is 1400. The Balaban J connectivity index is 1.59. The van der Waals surface area contributed by atoms with Crippen LogP contribution in [0.2, 0.25) is 0 Å². The second kappa shape index (κ2) is 10.8. The lowest BCUT2D eigenvalue weighted by molar-refractivity contribution is -0.133. The summed E-state index contributed by atoms with van der Waals surface area (Å²) in [6.07, 6.45) is 2.79. The van der Waals surface area contributed by atoms with Crippen molar-refractivity contribution < 1.29 is 14.4 Å². The number of pyridine rings is 1. The summed E-state index contributed by atoms with van der Waals surface area (Å²) in [5, 5.41) is 9.09. The molecule has 39 heavy (non-hydrogen) atoms. The third-order valence-corrected chi connectivity index (χ3v) is 8.51. The number of nitrogens with zero attached hydrogens (tertiary/aromatic N) is 2. The summed E-state index contributed by atoms with van der Waals surface area (Å²) in [6.45, 7) is 14.5. The zero-order chi connectivity index (χ0) is 28.5. The number of anilines is 2. The maximum atomic E-state index is 13.7.